The first-order valence-corrected chi connectivity index (χ1v) is 7.22. The molecule has 0 radical (unpaired) electrons. The monoisotopic (exact) mass is 241 g/mol. The third kappa shape index (κ3) is 3.43. The van der Waals surface area contributed by atoms with Crippen molar-refractivity contribution in [2.75, 3.05) is 26.2 Å². The molecule has 1 heterocycles. The van der Waals surface area contributed by atoms with Crippen LogP contribution in [0, 0.1) is 11.8 Å². The maximum absolute atomic E-state index is 10.4. The summed E-state index contributed by atoms with van der Waals surface area (Å²) in [4.78, 5) is 2.38. The molecule has 0 bridgehead atoms. The average Bonchev–Trinajstić information content (AvgIpc) is 2.39. The minimum atomic E-state index is -0.253. The molecular weight excluding hydrogens is 214 g/mol. The van der Waals surface area contributed by atoms with Gasteiger partial charge in [-0.3, -0.25) is 4.90 Å². The molecule has 0 aromatic carbocycles. The Morgan fingerprint density at radius 1 is 1.29 bits per heavy atom. The molecule has 0 aromatic heterocycles. The van der Waals surface area contributed by atoms with Crippen molar-refractivity contribution < 1.29 is 9.84 Å². The fraction of sp³-hybridized carbons (Fsp3) is 1.00. The van der Waals surface area contributed by atoms with Gasteiger partial charge >= 0.3 is 0 Å². The second kappa shape index (κ2) is 6.17. The van der Waals surface area contributed by atoms with E-state index in [4.69, 9.17) is 4.74 Å². The van der Waals surface area contributed by atoms with E-state index in [1.54, 1.807) is 0 Å². The SMILES string of the molecule is CCN1CCOC(C(O)C2CCC(C)CC2)C1. The molecule has 0 spiro atoms. The van der Waals surface area contributed by atoms with Crippen molar-refractivity contribution in [3.05, 3.63) is 0 Å². The smallest absolute Gasteiger partial charge is 0.0963 e. The molecule has 0 amide bonds. The lowest BCUT2D eigenvalue weighted by Crippen LogP contribution is -2.50. The molecule has 1 saturated carbocycles. The number of aliphatic hydroxyl groups is 1. The summed E-state index contributed by atoms with van der Waals surface area (Å²) in [5.74, 6) is 1.31. The van der Waals surface area contributed by atoms with Gasteiger partial charge in [0.1, 0.15) is 0 Å². The molecule has 17 heavy (non-hydrogen) atoms. The standard InChI is InChI=1S/C14H27NO2/c1-3-15-8-9-17-13(10-15)14(16)12-6-4-11(2)5-7-12/h11-14,16H,3-10H2,1-2H3. The molecule has 3 nitrogen and oxygen atoms in total. The predicted octanol–water partition coefficient (Wildman–Crippen LogP) is 1.89. The van der Waals surface area contributed by atoms with E-state index in [1.807, 2.05) is 0 Å². The summed E-state index contributed by atoms with van der Waals surface area (Å²) in [6, 6.07) is 0. The van der Waals surface area contributed by atoms with Crippen LogP contribution in [-0.2, 0) is 4.74 Å². The highest BCUT2D eigenvalue weighted by Crippen LogP contribution is 2.32. The van der Waals surface area contributed by atoms with Gasteiger partial charge in [0, 0.05) is 13.1 Å². The highest BCUT2D eigenvalue weighted by molar-refractivity contribution is 4.84. The maximum Gasteiger partial charge on any atom is 0.0963 e. The Morgan fingerprint density at radius 3 is 2.65 bits per heavy atom. The van der Waals surface area contributed by atoms with E-state index < -0.39 is 0 Å². The minimum Gasteiger partial charge on any atom is -0.390 e. The van der Waals surface area contributed by atoms with Gasteiger partial charge in [0.05, 0.1) is 18.8 Å². The van der Waals surface area contributed by atoms with E-state index in [-0.39, 0.29) is 12.2 Å². The molecule has 2 atom stereocenters. The van der Waals surface area contributed by atoms with Crippen LogP contribution in [-0.4, -0.2) is 48.5 Å². The van der Waals surface area contributed by atoms with Crippen molar-refractivity contribution in [2.24, 2.45) is 11.8 Å². The quantitative estimate of drug-likeness (QED) is 0.819. The predicted molar refractivity (Wildman–Crippen MR) is 69.0 cm³/mol. The summed E-state index contributed by atoms with van der Waals surface area (Å²) in [6.45, 7) is 8.26. The highest BCUT2D eigenvalue weighted by atomic mass is 16.5. The van der Waals surface area contributed by atoms with Gasteiger partial charge in [0.15, 0.2) is 0 Å². The summed E-state index contributed by atoms with van der Waals surface area (Å²) in [7, 11) is 0. The Kier molecular flexibility index (Phi) is 4.83. The van der Waals surface area contributed by atoms with E-state index in [2.05, 4.69) is 18.7 Å². The third-order valence-corrected chi connectivity index (χ3v) is 4.55. The van der Waals surface area contributed by atoms with Crippen LogP contribution in [0.4, 0.5) is 0 Å². The third-order valence-electron chi connectivity index (χ3n) is 4.55. The first-order valence-electron chi connectivity index (χ1n) is 7.22. The van der Waals surface area contributed by atoms with Gasteiger partial charge in [-0.05, 0) is 31.2 Å². The molecule has 100 valence electrons. The summed E-state index contributed by atoms with van der Waals surface area (Å²) >= 11 is 0. The van der Waals surface area contributed by atoms with Gasteiger partial charge in [-0.2, -0.15) is 0 Å². The van der Waals surface area contributed by atoms with Gasteiger partial charge in [-0.15, -0.1) is 0 Å². The van der Waals surface area contributed by atoms with Crippen LogP contribution >= 0.6 is 0 Å². The molecule has 2 rings (SSSR count). The van der Waals surface area contributed by atoms with Gasteiger partial charge < -0.3 is 9.84 Å². The van der Waals surface area contributed by atoms with Gasteiger partial charge in [-0.25, -0.2) is 0 Å². The van der Waals surface area contributed by atoms with E-state index in [1.165, 1.54) is 25.7 Å². The fourth-order valence-corrected chi connectivity index (χ4v) is 3.16. The highest BCUT2D eigenvalue weighted by Gasteiger charge is 2.33. The lowest BCUT2D eigenvalue weighted by molar-refractivity contribution is -0.110. The first kappa shape index (κ1) is 13.3. The molecule has 1 N–H and O–H groups in total. The number of morpholine rings is 1. The molecule has 1 saturated heterocycles. The molecule has 2 unspecified atom stereocenters. The van der Waals surface area contributed by atoms with Crippen molar-refractivity contribution in [1.29, 1.82) is 0 Å². The zero-order valence-electron chi connectivity index (χ0n) is 11.3. The van der Waals surface area contributed by atoms with Crippen molar-refractivity contribution in [3.8, 4) is 0 Å². The van der Waals surface area contributed by atoms with Crippen LogP contribution in [0.25, 0.3) is 0 Å². The van der Waals surface area contributed by atoms with Crippen LogP contribution in [0.2, 0.25) is 0 Å². The molecule has 0 aromatic rings. The van der Waals surface area contributed by atoms with E-state index in [0.717, 1.165) is 32.2 Å². The number of hydrogen-bond donors (Lipinski definition) is 1. The Balaban J connectivity index is 1.84. The van der Waals surface area contributed by atoms with Crippen LogP contribution in [0.5, 0.6) is 0 Å². The van der Waals surface area contributed by atoms with Gasteiger partial charge in [0.25, 0.3) is 0 Å². The van der Waals surface area contributed by atoms with Crippen LogP contribution in [0.1, 0.15) is 39.5 Å². The number of likely N-dealkylation sites (N-methyl/N-ethyl adjacent to an activating group) is 1. The number of nitrogens with zero attached hydrogens (tertiary/aromatic N) is 1. The summed E-state index contributed by atoms with van der Waals surface area (Å²) in [6.07, 6.45) is 4.68. The second-order valence-electron chi connectivity index (χ2n) is 5.81. The topological polar surface area (TPSA) is 32.7 Å². The van der Waals surface area contributed by atoms with Crippen molar-refractivity contribution in [2.45, 2.75) is 51.7 Å². The largest absolute Gasteiger partial charge is 0.390 e. The zero-order chi connectivity index (χ0) is 12.3. The number of rotatable bonds is 3. The maximum atomic E-state index is 10.4. The number of hydrogen-bond acceptors (Lipinski definition) is 3. The van der Waals surface area contributed by atoms with Crippen LogP contribution in [0.15, 0.2) is 0 Å². The summed E-state index contributed by atoms with van der Waals surface area (Å²) < 4.78 is 5.76. The van der Waals surface area contributed by atoms with Gasteiger partial charge in [0.2, 0.25) is 0 Å². The summed E-state index contributed by atoms with van der Waals surface area (Å²) in [5.41, 5.74) is 0. The van der Waals surface area contributed by atoms with Crippen molar-refractivity contribution in [3.63, 3.8) is 0 Å². The number of aliphatic hydroxyl groups excluding tert-OH is 1. The molecule has 1 aliphatic carbocycles. The fourth-order valence-electron chi connectivity index (χ4n) is 3.16. The average molecular weight is 241 g/mol. The Bertz CT molecular complexity index is 226. The van der Waals surface area contributed by atoms with E-state index >= 15 is 0 Å². The normalized spacial score (nSPS) is 37.9. The zero-order valence-corrected chi connectivity index (χ0v) is 11.3. The molecule has 1 aliphatic heterocycles. The summed E-state index contributed by atoms with van der Waals surface area (Å²) in [5, 5.41) is 10.4. The lowest BCUT2D eigenvalue weighted by Gasteiger charge is -2.39. The first-order chi connectivity index (χ1) is 8.20. The Morgan fingerprint density at radius 2 is 2.00 bits per heavy atom. The van der Waals surface area contributed by atoms with Crippen molar-refractivity contribution >= 4 is 0 Å². The minimum absolute atomic E-state index is 0.0436. The van der Waals surface area contributed by atoms with Crippen molar-refractivity contribution in [1.82, 2.24) is 4.90 Å². The second-order valence-corrected chi connectivity index (χ2v) is 5.81. The molecule has 2 fully saturated rings. The number of ether oxygens (including phenoxy) is 1. The van der Waals surface area contributed by atoms with E-state index in [0.29, 0.717) is 5.92 Å². The van der Waals surface area contributed by atoms with E-state index in [9.17, 15) is 5.11 Å². The lowest BCUT2D eigenvalue weighted by atomic mass is 9.78. The molecule has 3 heteroatoms. The Labute approximate surface area is 105 Å². The van der Waals surface area contributed by atoms with Gasteiger partial charge in [-0.1, -0.05) is 26.7 Å². The molecular formula is C14H27NO2. The van der Waals surface area contributed by atoms with Crippen LogP contribution in [0.3, 0.4) is 0 Å². The van der Waals surface area contributed by atoms with Crippen LogP contribution < -0.4 is 0 Å². The Hall–Kier alpha value is -0.120. The molecule has 2 aliphatic rings.